The minimum Gasteiger partial charge on any atom is -0.384 e. The maximum atomic E-state index is 6.06. The van der Waals surface area contributed by atoms with Crippen LogP contribution in [-0.4, -0.2) is 16.5 Å². The summed E-state index contributed by atoms with van der Waals surface area (Å²) in [6.07, 6.45) is 4.38. The van der Waals surface area contributed by atoms with Crippen molar-refractivity contribution in [2.75, 3.05) is 11.9 Å². The van der Waals surface area contributed by atoms with Crippen LogP contribution >= 0.6 is 0 Å². The highest BCUT2D eigenvalue weighted by atomic mass is 14.9. The molecule has 0 aliphatic carbocycles. The largest absolute Gasteiger partial charge is 0.384 e. The van der Waals surface area contributed by atoms with Crippen LogP contribution in [0, 0.1) is 0 Å². The Morgan fingerprint density at radius 1 is 1.40 bits per heavy atom. The number of nitrogens with two attached hydrogens (primary N) is 1. The molecule has 2 aromatic rings. The number of fused-ring (bicyclic) bond motifs is 3. The number of rotatable bonds is 0. The highest BCUT2D eigenvalue weighted by Gasteiger charge is 2.18. The van der Waals surface area contributed by atoms with E-state index in [1.165, 1.54) is 5.56 Å². The monoisotopic (exact) mass is 200 g/mol. The smallest absolute Gasteiger partial charge is 0.116 e. The van der Waals surface area contributed by atoms with Crippen LogP contribution in [0.2, 0.25) is 0 Å². The number of nitrogens with one attached hydrogen (secondary N) is 1. The number of anilines is 1. The van der Waals surface area contributed by atoms with Crippen molar-refractivity contribution >= 4 is 16.6 Å². The first-order valence-electron chi connectivity index (χ1n) is 5.08. The Morgan fingerprint density at radius 3 is 3.27 bits per heavy atom. The van der Waals surface area contributed by atoms with Crippen molar-refractivity contribution in [3.8, 4) is 0 Å². The molecule has 76 valence electrons. The number of hydrogen-bond donors (Lipinski definition) is 2. The van der Waals surface area contributed by atoms with E-state index in [0.717, 1.165) is 29.6 Å². The van der Waals surface area contributed by atoms with Gasteiger partial charge < -0.3 is 11.1 Å². The first-order chi connectivity index (χ1) is 7.36. The Hall–Kier alpha value is -1.68. The first kappa shape index (κ1) is 8.61. The van der Waals surface area contributed by atoms with E-state index in [2.05, 4.69) is 21.4 Å². The zero-order valence-electron chi connectivity index (χ0n) is 8.27. The van der Waals surface area contributed by atoms with Gasteiger partial charge in [0.15, 0.2) is 0 Å². The van der Waals surface area contributed by atoms with E-state index >= 15 is 0 Å². The summed E-state index contributed by atoms with van der Waals surface area (Å²) in [5.41, 5.74) is 9.29. The lowest BCUT2D eigenvalue weighted by Gasteiger charge is -2.24. The third kappa shape index (κ3) is 1.26. The van der Waals surface area contributed by atoms with Crippen LogP contribution in [0.4, 0.5) is 5.69 Å². The van der Waals surface area contributed by atoms with Crippen molar-refractivity contribution in [3.63, 3.8) is 0 Å². The summed E-state index contributed by atoms with van der Waals surface area (Å²) in [4.78, 5) is 8.28. The molecular weight excluding hydrogens is 188 g/mol. The predicted molar refractivity (Wildman–Crippen MR) is 59.6 cm³/mol. The summed E-state index contributed by atoms with van der Waals surface area (Å²) in [7, 11) is 0. The normalized spacial score (nSPS) is 19.7. The second-order valence-corrected chi connectivity index (χ2v) is 3.81. The molecule has 2 heterocycles. The minimum absolute atomic E-state index is 0.130. The van der Waals surface area contributed by atoms with E-state index < -0.39 is 0 Å². The molecule has 0 saturated carbocycles. The van der Waals surface area contributed by atoms with Gasteiger partial charge in [-0.15, -0.1) is 0 Å². The van der Waals surface area contributed by atoms with Gasteiger partial charge in [-0.25, -0.2) is 9.97 Å². The second-order valence-electron chi connectivity index (χ2n) is 3.81. The van der Waals surface area contributed by atoms with Crippen LogP contribution in [0.15, 0.2) is 24.7 Å². The zero-order chi connectivity index (χ0) is 10.3. The van der Waals surface area contributed by atoms with Crippen molar-refractivity contribution < 1.29 is 0 Å². The average Bonchev–Trinajstić information content (AvgIpc) is 2.29. The molecule has 15 heavy (non-hydrogen) atoms. The summed E-state index contributed by atoms with van der Waals surface area (Å²) in [6.45, 7) is 0.919. The molecule has 1 aromatic carbocycles. The topological polar surface area (TPSA) is 63.8 Å². The van der Waals surface area contributed by atoms with E-state index in [1.807, 2.05) is 12.3 Å². The van der Waals surface area contributed by atoms with Gasteiger partial charge in [0.05, 0.1) is 5.52 Å². The third-order valence-corrected chi connectivity index (χ3v) is 2.88. The van der Waals surface area contributed by atoms with E-state index in [1.54, 1.807) is 6.33 Å². The molecule has 0 spiro atoms. The lowest BCUT2D eigenvalue weighted by Crippen LogP contribution is -2.22. The van der Waals surface area contributed by atoms with Crippen LogP contribution in [0.3, 0.4) is 0 Å². The van der Waals surface area contributed by atoms with Gasteiger partial charge in [-0.2, -0.15) is 0 Å². The van der Waals surface area contributed by atoms with E-state index in [-0.39, 0.29) is 6.04 Å². The summed E-state index contributed by atoms with van der Waals surface area (Å²) >= 11 is 0. The standard InChI is InChI=1S/C11H12N4/c12-9-3-4-14-11-7(9)1-2-10-8(11)5-13-6-15-10/h1-2,5-6,9,14H,3-4,12H2. The van der Waals surface area contributed by atoms with Gasteiger partial charge in [0.2, 0.25) is 0 Å². The Balaban J connectivity index is 2.33. The molecule has 1 unspecified atom stereocenters. The van der Waals surface area contributed by atoms with Crippen LogP contribution in [0.25, 0.3) is 10.9 Å². The Bertz CT molecular complexity index is 509. The fraction of sp³-hybridized carbons (Fsp3) is 0.273. The fourth-order valence-corrected chi connectivity index (χ4v) is 2.09. The van der Waals surface area contributed by atoms with Gasteiger partial charge in [-0.05, 0) is 18.1 Å². The van der Waals surface area contributed by atoms with Gasteiger partial charge in [-0.3, -0.25) is 0 Å². The average molecular weight is 200 g/mol. The molecule has 0 fully saturated rings. The molecular formula is C11H12N4. The molecule has 3 N–H and O–H groups in total. The first-order valence-corrected chi connectivity index (χ1v) is 5.08. The van der Waals surface area contributed by atoms with Crippen LogP contribution in [-0.2, 0) is 0 Å². The Morgan fingerprint density at radius 2 is 2.33 bits per heavy atom. The summed E-state index contributed by atoms with van der Waals surface area (Å²) < 4.78 is 0. The maximum absolute atomic E-state index is 6.06. The molecule has 4 heteroatoms. The number of benzene rings is 1. The van der Waals surface area contributed by atoms with Gasteiger partial charge in [0.25, 0.3) is 0 Å². The lowest BCUT2D eigenvalue weighted by atomic mass is 9.96. The van der Waals surface area contributed by atoms with Crippen molar-refractivity contribution in [2.45, 2.75) is 12.5 Å². The predicted octanol–water partition coefficient (Wildman–Crippen LogP) is 1.45. The van der Waals surface area contributed by atoms with Gasteiger partial charge >= 0.3 is 0 Å². The molecule has 3 rings (SSSR count). The molecule has 1 aliphatic rings. The molecule has 4 nitrogen and oxygen atoms in total. The van der Waals surface area contributed by atoms with Gasteiger partial charge in [0, 0.05) is 29.9 Å². The van der Waals surface area contributed by atoms with Gasteiger partial charge in [0.1, 0.15) is 6.33 Å². The molecule has 1 atom stereocenters. The Labute approximate surface area is 87.5 Å². The fourth-order valence-electron chi connectivity index (χ4n) is 2.09. The SMILES string of the molecule is NC1CCNc2c1ccc1ncncc21. The van der Waals surface area contributed by atoms with Crippen molar-refractivity contribution in [1.82, 2.24) is 9.97 Å². The summed E-state index contributed by atoms with van der Waals surface area (Å²) in [5.74, 6) is 0. The van der Waals surface area contributed by atoms with E-state index in [9.17, 15) is 0 Å². The highest BCUT2D eigenvalue weighted by Crippen LogP contribution is 2.33. The zero-order valence-corrected chi connectivity index (χ0v) is 8.27. The lowest BCUT2D eigenvalue weighted by molar-refractivity contribution is 0.656. The Kier molecular flexibility index (Phi) is 1.82. The summed E-state index contributed by atoms with van der Waals surface area (Å²) in [6, 6.07) is 4.19. The quantitative estimate of drug-likeness (QED) is 0.675. The van der Waals surface area contributed by atoms with E-state index in [0.29, 0.717) is 0 Å². The molecule has 0 bridgehead atoms. The molecule has 1 aromatic heterocycles. The molecule has 0 amide bonds. The molecule has 0 radical (unpaired) electrons. The third-order valence-electron chi connectivity index (χ3n) is 2.88. The van der Waals surface area contributed by atoms with Gasteiger partial charge in [-0.1, -0.05) is 6.07 Å². The van der Waals surface area contributed by atoms with E-state index in [4.69, 9.17) is 5.73 Å². The van der Waals surface area contributed by atoms with Crippen LogP contribution in [0.1, 0.15) is 18.0 Å². The second kappa shape index (κ2) is 3.17. The molecule has 1 aliphatic heterocycles. The van der Waals surface area contributed by atoms with Crippen molar-refractivity contribution in [2.24, 2.45) is 5.73 Å². The van der Waals surface area contributed by atoms with Crippen LogP contribution < -0.4 is 11.1 Å². The highest BCUT2D eigenvalue weighted by molar-refractivity contribution is 5.93. The number of hydrogen-bond acceptors (Lipinski definition) is 4. The minimum atomic E-state index is 0.130. The van der Waals surface area contributed by atoms with Crippen molar-refractivity contribution in [1.29, 1.82) is 0 Å². The number of aromatic nitrogens is 2. The van der Waals surface area contributed by atoms with Crippen LogP contribution in [0.5, 0.6) is 0 Å². The number of nitrogens with zero attached hydrogens (tertiary/aromatic N) is 2. The van der Waals surface area contributed by atoms with Crippen molar-refractivity contribution in [3.05, 3.63) is 30.2 Å². The molecule has 0 saturated heterocycles. The maximum Gasteiger partial charge on any atom is 0.116 e. The summed E-state index contributed by atoms with van der Waals surface area (Å²) in [5, 5.41) is 4.44.